The van der Waals surface area contributed by atoms with E-state index in [0.29, 0.717) is 54.5 Å². The number of thiazole rings is 1. The van der Waals surface area contributed by atoms with Crippen molar-refractivity contribution in [2.45, 2.75) is 26.3 Å². The predicted molar refractivity (Wildman–Crippen MR) is 140 cm³/mol. The first-order chi connectivity index (χ1) is 17.3. The van der Waals surface area contributed by atoms with Crippen LogP contribution in [0.15, 0.2) is 70.1 Å². The van der Waals surface area contributed by atoms with Crippen molar-refractivity contribution in [3.05, 3.63) is 102 Å². The molecular weight excluding hydrogens is 500 g/mol. The number of halogens is 1. The van der Waals surface area contributed by atoms with E-state index >= 15 is 0 Å². The number of nitrogens with zero attached hydrogens (tertiary/aromatic N) is 2. The molecule has 186 valence electrons. The molecule has 0 saturated heterocycles. The van der Waals surface area contributed by atoms with Crippen LogP contribution in [-0.2, 0) is 16.0 Å². The van der Waals surface area contributed by atoms with Crippen molar-refractivity contribution in [1.82, 2.24) is 4.57 Å². The molecule has 1 N–H and O–H groups in total. The van der Waals surface area contributed by atoms with Gasteiger partial charge in [0, 0.05) is 10.6 Å². The second-order valence-corrected chi connectivity index (χ2v) is 9.52. The van der Waals surface area contributed by atoms with Crippen LogP contribution in [-0.4, -0.2) is 29.4 Å². The van der Waals surface area contributed by atoms with Gasteiger partial charge in [0.2, 0.25) is 0 Å². The molecule has 1 unspecified atom stereocenters. The van der Waals surface area contributed by atoms with E-state index in [0.717, 1.165) is 0 Å². The highest BCUT2D eigenvalue weighted by molar-refractivity contribution is 7.07. The Labute approximate surface area is 216 Å². The van der Waals surface area contributed by atoms with Gasteiger partial charge < -0.3 is 14.6 Å². The number of esters is 1. The average molecular weight is 525 g/mol. The molecule has 36 heavy (non-hydrogen) atoms. The summed E-state index contributed by atoms with van der Waals surface area (Å²) in [6.45, 7) is 7.39. The number of allylic oxidation sites excluding steroid dienone is 2. The fourth-order valence-corrected chi connectivity index (χ4v) is 5.32. The Morgan fingerprint density at radius 3 is 2.67 bits per heavy atom. The third kappa shape index (κ3) is 4.74. The van der Waals surface area contributed by atoms with Crippen molar-refractivity contribution in [3.63, 3.8) is 0 Å². The van der Waals surface area contributed by atoms with Gasteiger partial charge in [-0.1, -0.05) is 41.1 Å². The summed E-state index contributed by atoms with van der Waals surface area (Å²) in [7, 11) is 1.47. The summed E-state index contributed by atoms with van der Waals surface area (Å²) in [4.78, 5) is 31.7. The summed E-state index contributed by atoms with van der Waals surface area (Å²) < 4.78 is 12.6. The lowest BCUT2D eigenvalue weighted by Gasteiger charge is -2.24. The molecule has 0 radical (unpaired) electrons. The number of benzene rings is 2. The molecule has 0 saturated carbocycles. The van der Waals surface area contributed by atoms with Crippen LogP contribution < -0.4 is 19.6 Å². The first kappa shape index (κ1) is 25.5. The number of rotatable bonds is 7. The minimum absolute atomic E-state index is 0.0356. The summed E-state index contributed by atoms with van der Waals surface area (Å²) in [5.74, 6) is -0.188. The Morgan fingerprint density at radius 1 is 1.31 bits per heavy atom. The van der Waals surface area contributed by atoms with Gasteiger partial charge in [0.05, 0.1) is 35.6 Å². The first-order valence-electron chi connectivity index (χ1n) is 11.2. The highest BCUT2D eigenvalue weighted by atomic mass is 35.5. The fraction of sp³-hybridized carbons (Fsp3) is 0.222. The Kier molecular flexibility index (Phi) is 7.47. The summed E-state index contributed by atoms with van der Waals surface area (Å²) in [6, 6.07) is 9.73. The molecule has 7 nitrogen and oxygen atoms in total. The van der Waals surface area contributed by atoms with Crippen molar-refractivity contribution in [1.29, 1.82) is 0 Å². The molecular formula is C27H25ClN2O5S. The molecule has 1 aliphatic rings. The van der Waals surface area contributed by atoms with Gasteiger partial charge in [-0.15, -0.1) is 6.58 Å². The summed E-state index contributed by atoms with van der Waals surface area (Å²) in [5, 5.41) is 11.0. The number of aromatic nitrogens is 1. The van der Waals surface area contributed by atoms with Gasteiger partial charge in [-0.2, -0.15) is 0 Å². The Hall–Kier alpha value is -3.62. The zero-order valence-corrected chi connectivity index (χ0v) is 21.7. The largest absolute Gasteiger partial charge is 0.504 e. The van der Waals surface area contributed by atoms with Gasteiger partial charge in [-0.3, -0.25) is 9.36 Å². The standard InChI is InChI=1S/C27H25ClN2O5S/c1-5-7-18-12-16(13-20(34-4)24(18)31)14-21-25(32)30-23(17-8-10-19(28)11-9-17)22(26(33)35-6-2)15(3)29-27(30)36-21/h5,8-14,23,31H,1,6-7H2,2-4H3/b21-14-. The number of phenolic OH excluding ortho intramolecular Hbond substituents is 1. The van der Waals surface area contributed by atoms with E-state index in [2.05, 4.69) is 11.6 Å². The number of hydrogen-bond donors (Lipinski definition) is 1. The lowest BCUT2D eigenvalue weighted by atomic mass is 9.96. The van der Waals surface area contributed by atoms with Crippen LogP contribution in [0.3, 0.4) is 0 Å². The van der Waals surface area contributed by atoms with E-state index in [1.165, 1.54) is 23.0 Å². The van der Waals surface area contributed by atoms with E-state index in [1.807, 2.05) is 0 Å². The average Bonchev–Trinajstić information content (AvgIpc) is 3.15. The monoisotopic (exact) mass is 524 g/mol. The van der Waals surface area contributed by atoms with E-state index in [4.69, 9.17) is 21.1 Å². The van der Waals surface area contributed by atoms with Crippen LogP contribution in [0.4, 0.5) is 0 Å². The molecule has 1 aromatic heterocycles. The summed E-state index contributed by atoms with van der Waals surface area (Å²) >= 11 is 7.32. The Bertz CT molecular complexity index is 1550. The normalized spacial score (nSPS) is 15.3. The molecule has 1 aliphatic heterocycles. The molecule has 0 spiro atoms. The van der Waals surface area contributed by atoms with Crippen LogP contribution in [0.2, 0.25) is 5.02 Å². The van der Waals surface area contributed by atoms with Crippen LogP contribution in [0.25, 0.3) is 6.08 Å². The lowest BCUT2D eigenvalue weighted by Crippen LogP contribution is -2.39. The maximum atomic E-state index is 13.7. The number of phenols is 1. The molecule has 4 rings (SSSR count). The number of fused-ring (bicyclic) bond motifs is 1. The highest BCUT2D eigenvalue weighted by Crippen LogP contribution is 2.33. The molecule has 0 amide bonds. The third-order valence-electron chi connectivity index (χ3n) is 5.76. The van der Waals surface area contributed by atoms with Gasteiger partial charge >= 0.3 is 5.97 Å². The number of carbonyl (C=O) groups excluding carboxylic acids is 1. The topological polar surface area (TPSA) is 90.1 Å². The number of carbonyl (C=O) groups is 1. The minimum atomic E-state index is -0.717. The van der Waals surface area contributed by atoms with Gasteiger partial charge in [0.25, 0.3) is 5.56 Å². The third-order valence-corrected chi connectivity index (χ3v) is 7.00. The zero-order valence-electron chi connectivity index (χ0n) is 20.1. The molecule has 3 aromatic rings. The van der Waals surface area contributed by atoms with Crippen molar-refractivity contribution >= 4 is 35.0 Å². The van der Waals surface area contributed by atoms with Gasteiger partial charge in [-0.05, 0) is 61.7 Å². The second-order valence-electron chi connectivity index (χ2n) is 8.08. The molecule has 2 heterocycles. The zero-order chi connectivity index (χ0) is 26.0. The summed E-state index contributed by atoms with van der Waals surface area (Å²) in [6.07, 6.45) is 3.84. The van der Waals surface area contributed by atoms with Crippen LogP contribution in [0, 0.1) is 0 Å². The van der Waals surface area contributed by atoms with E-state index in [-0.39, 0.29) is 17.9 Å². The Morgan fingerprint density at radius 2 is 2.03 bits per heavy atom. The van der Waals surface area contributed by atoms with Crippen molar-refractivity contribution in [3.8, 4) is 11.5 Å². The molecule has 9 heteroatoms. The van der Waals surface area contributed by atoms with Crippen LogP contribution in [0.1, 0.15) is 36.6 Å². The highest BCUT2D eigenvalue weighted by Gasteiger charge is 2.33. The van der Waals surface area contributed by atoms with E-state index in [9.17, 15) is 14.7 Å². The predicted octanol–water partition coefficient (Wildman–Crippen LogP) is 3.89. The second kappa shape index (κ2) is 10.6. The molecule has 0 aliphatic carbocycles. The van der Waals surface area contributed by atoms with E-state index < -0.39 is 12.0 Å². The van der Waals surface area contributed by atoms with Gasteiger partial charge in [0.1, 0.15) is 0 Å². The number of methoxy groups -OCH3 is 1. The lowest BCUT2D eigenvalue weighted by molar-refractivity contribution is -0.139. The molecule has 0 bridgehead atoms. The fourth-order valence-electron chi connectivity index (χ4n) is 4.14. The Balaban J connectivity index is 1.94. The van der Waals surface area contributed by atoms with Crippen LogP contribution >= 0.6 is 22.9 Å². The minimum Gasteiger partial charge on any atom is -0.504 e. The quantitative estimate of drug-likeness (QED) is 0.374. The smallest absolute Gasteiger partial charge is 0.338 e. The van der Waals surface area contributed by atoms with Crippen LogP contribution in [0.5, 0.6) is 11.5 Å². The van der Waals surface area contributed by atoms with Gasteiger partial charge in [-0.25, -0.2) is 9.79 Å². The molecule has 2 aromatic carbocycles. The van der Waals surface area contributed by atoms with Gasteiger partial charge in [0.15, 0.2) is 16.3 Å². The number of ether oxygens (including phenoxy) is 2. The SMILES string of the molecule is C=CCc1cc(/C=c2\sc3n(c2=O)C(c2ccc(Cl)cc2)C(C(=O)OCC)=C(C)N=3)cc(OC)c1O. The van der Waals surface area contributed by atoms with Crippen molar-refractivity contribution < 1.29 is 19.4 Å². The number of hydrogen-bond acceptors (Lipinski definition) is 7. The maximum Gasteiger partial charge on any atom is 0.338 e. The van der Waals surface area contributed by atoms with Crippen molar-refractivity contribution in [2.75, 3.05) is 13.7 Å². The maximum absolute atomic E-state index is 13.7. The molecule has 0 fully saturated rings. The molecule has 1 atom stereocenters. The van der Waals surface area contributed by atoms with Crippen molar-refractivity contribution in [2.24, 2.45) is 4.99 Å². The van der Waals surface area contributed by atoms with E-state index in [1.54, 1.807) is 62.4 Å². The summed E-state index contributed by atoms with van der Waals surface area (Å²) in [5.41, 5.74) is 2.51. The first-order valence-corrected chi connectivity index (χ1v) is 12.4. The number of aromatic hydroxyl groups is 1.